The van der Waals surface area contributed by atoms with Crippen LogP contribution in [-0.2, 0) is 4.79 Å². The molecule has 18 heavy (non-hydrogen) atoms. The van der Waals surface area contributed by atoms with Gasteiger partial charge in [-0.25, -0.2) is 0 Å². The maximum atomic E-state index is 12.4. The zero-order chi connectivity index (χ0) is 13.2. The first-order valence-electron chi connectivity index (χ1n) is 7.81. The molecular formula is C15H30N2O. The second-order valence-corrected chi connectivity index (χ2v) is 5.39. The Morgan fingerprint density at radius 3 is 2.17 bits per heavy atom. The van der Waals surface area contributed by atoms with Gasteiger partial charge in [0.2, 0.25) is 5.91 Å². The molecule has 0 aromatic carbocycles. The van der Waals surface area contributed by atoms with E-state index in [0.29, 0.717) is 5.91 Å². The molecule has 1 atom stereocenters. The van der Waals surface area contributed by atoms with E-state index in [2.05, 4.69) is 24.1 Å². The Balaban J connectivity index is 2.38. The van der Waals surface area contributed by atoms with Crippen molar-refractivity contribution >= 4 is 5.91 Å². The molecule has 0 spiro atoms. The fraction of sp³-hybridized carbons (Fsp3) is 0.933. The molecule has 1 aliphatic rings. The van der Waals surface area contributed by atoms with Gasteiger partial charge < -0.3 is 10.2 Å². The van der Waals surface area contributed by atoms with Crippen molar-refractivity contribution in [2.75, 3.05) is 19.6 Å². The van der Waals surface area contributed by atoms with Crippen molar-refractivity contribution in [3.63, 3.8) is 0 Å². The molecule has 1 fully saturated rings. The van der Waals surface area contributed by atoms with Crippen LogP contribution in [0.25, 0.3) is 0 Å². The van der Waals surface area contributed by atoms with E-state index in [1.54, 1.807) is 0 Å². The normalized spacial score (nSPS) is 19.1. The average Bonchev–Trinajstić information content (AvgIpc) is 2.90. The van der Waals surface area contributed by atoms with Crippen molar-refractivity contribution in [1.29, 1.82) is 0 Å². The Kier molecular flexibility index (Phi) is 8.06. The molecule has 0 aromatic heterocycles. The van der Waals surface area contributed by atoms with E-state index >= 15 is 0 Å². The molecule has 1 saturated heterocycles. The number of hydrogen-bond acceptors (Lipinski definition) is 2. The fourth-order valence-electron chi connectivity index (χ4n) is 2.55. The van der Waals surface area contributed by atoms with Gasteiger partial charge in [-0.05, 0) is 32.2 Å². The number of amides is 1. The van der Waals surface area contributed by atoms with E-state index < -0.39 is 0 Å². The average molecular weight is 254 g/mol. The minimum Gasteiger partial charge on any atom is -0.341 e. The fourth-order valence-corrected chi connectivity index (χ4v) is 2.55. The van der Waals surface area contributed by atoms with Crippen molar-refractivity contribution in [1.82, 2.24) is 10.2 Å². The van der Waals surface area contributed by atoms with E-state index in [1.807, 2.05) is 0 Å². The Morgan fingerprint density at radius 1 is 1.11 bits per heavy atom. The number of nitrogens with one attached hydrogen (secondary N) is 1. The van der Waals surface area contributed by atoms with Crippen LogP contribution in [0.15, 0.2) is 0 Å². The molecule has 1 heterocycles. The summed E-state index contributed by atoms with van der Waals surface area (Å²) < 4.78 is 0. The maximum absolute atomic E-state index is 12.4. The molecule has 1 aliphatic heterocycles. The molecule has 3 nitrogen and oxygen atoms in total. The predicted octanol–water partition coefficient (Wildman–Crippen LogP) is 2.95. The standard InChI is InChI=1S/C15H30N2O/c1-3-5-7-12-17(13-8-6-4-2)15(18)14-10-9-11-16-14/h14,16H,3-13H2,1-2H3/t14-/m0/s1. The number of nitrogens with zero attached hydrogens (tertiary/aromatic N) is 1. The molecule has 1 rings (SSSR count). The number of unbranched alkanes of at least 4 members (excludes halogenated alkanes) is 4. The van der Waals surface area contributed by atoms with Crippen LogP contribution in [0.2, 0.25) is 0 Å². The minimum atomic E-state index is 0.105. The third-order valence-electron chi connectivity index (χ3n) is 3.73. The Bertz CT molecular complexity index is 215. The van der Waals surface area contributed by atoms with Gasteiger partial charge in [-0.2, -0.15) is 0 Å². The van der Waals surface area contributed by atoms with E-state index in [-0.39, 0.29) is 6.04 Å². The predicted molar refractivity (Wildman–Crippen MR) is 76.7 cm³/mol. The molecule has 0 saturated carbocycles. The monoisotopic (exact) mass is 254 g/mol. The smallest absolute Gasteiger partial charge is 0.239 e. The molecule has 3 heteroatoms. The van der Waals surface area contributed by atoms with Crippen molar-refractivity contribution in [2.24, 2.45) is 0 Å². The number of hydrogen-bond donors (Lipinski definition) is 1. The zero-order valence-electron chi connectivity index (χ0n) is 12.2. The Hall–Kier alpha value is -0.570. The quantitative estimate of drug-likeness (QED) is 0.642. The van der Waals surface area contributed by atoms with Gasteiger partial charge in [0, 0.05) is 13.1 Å². The van der Waals surface area contributed by atoms with Gasteiger partial charge in [-0.3, -0.25) is 4.79 Å². The van der Waals surface area contributed by atoms with Gasteiger partial charge in [-0.15, -0.1) is 0 Å². The van der Waals surface area contributed by atoms with Crippen molar-refractivity contribution in [2.45, 2.75) is 71.3 Å². The molecule has 0 bridgehead atoms. The van der Waals surface area contributed by atoms with Gasteiger partial charge in [-0.1, -0.05) is 39.5 Å². The van der Waals surface area contributed by atoms with E-state index in [1.165, 1.54) is 25.7 Å². The summed E-state index contributed by atoms with van der Waals surface area (Å²) >= 11 is 0. The number of carbonyl (C=O) groups excluding carboxylic acids is 1. The SMILES string of the molecule is CCCCCN(CCCCC)C(=O)[C@@H]1CCCN1. The van der Waals surface area contributed by atoms with Crippen molar-refractivity contribution in [3.8, 4) is 0 Å². The lowest BCUT2D eigenvalue weighted by atomic mass is 10.1. The summed E-state index contributed by atoms with van der Waals surface area (Å²) in [6.07, 6.45) is 9.38. The van der Waals surface area contributed by atoms with Crippen molar-refractivity contribution in [3.05, 3.63) is 0 Å². The molecule has 0 radical (unpaired) electrons. The Morgan fingerprint density at radius 2 is 1.72 bits per heavy atom. The number of rotatable bonds is 9. The molecule has 0 unspecified atom stereocenters. The highest BCUT2D eigenvalue weighted by Crippen LogP contribution is 2.11. The summed E-state index contributed by atoms with van der Waals surface area (Å²) in [4.78, 5) is 14.5. The highest BCUT2D eigenvalue weighted by atomic mass is 16.2. The van der Waals surface area contributed by atoms with Crippen molar-refractivity contribution < 1.29 is 4.79 Å². The lowest BCUT2D eigenvalue weighted by Gasteiger charge is -2.25. The van der Waals surface area contributed by atoms with Gasteiger partial charge in [0.1, 0.15) is 0 Å². The van der Waals surface area contributed by atoms with Crippen LogP contribution in [-0.4, -0.2) is 36.5 Å². The second-order valence-electron chi connectivity index (χ2n) is 5.39. The van der Waals surface area contributed by atoms with Gasteiger partial charge in [0.15, 0.2) is 0 Å². The molecule has 0 aliphatic carbocycles. The zero-order valence-corrected chi connectivity index (χ0v) is 12.2. The molecule has 106 valence electrons. The van der Waals surface area contributed by atoms with Crippen LogP contribution in [0.1, 0.15) is 65.2 Å². The highest BCUT2D eigenvalue weighted by molar-refractivity contribution is 5.82. The van der Waals surface area contributed by atoms with E-state index in [4.69, 9.17) is 0 Å². The van der Waals surface area contributed by atoms with Crippen LogP contribution in [0.5, 0.6) is 0 Å². The lowest BCUT2D eigenvalue weighted by Crippen LogP contribution is -2.44. The molecule has 0 aromatic rings. The highest BCUT2D eigenvalue weighted by Gasteiger charge is 2.26. The summed E-state index contributed by atoms with van der Waals surface area (Å²) in [5, 5.41) is 3.33. The van der Waals surface area contributed by atoms with Crippen LogP contribution < -0.4 is 5.32 Å². The first kappa shape index (κ1) is 15.5. The van der Waals surface area contributed by atoms with Crippen LogP contribution >= 0.6 is 0 Å². The first-order valence-corrected chi connectivity index (χ1v) is 7.81. The Labute approximate surface area is 112 Å². The summed E-state index contributed by atoms with van der Waals surface area (Å²) in [6, 6.07) is 0.105. The minimum absolute atomic E-state index is 0.105. The summed E-state index contributed by atoms with van der Waals surface area (Å²) in [6.45, 7) is 7.33. The molecule has 1 amide bonds. The third kappa shape index (κ3) is 5.38. The largest absolute Gasteiger partial charge is 0.341 e. The lowest BCUT2D eigenvalue weighted by molar-refractivity contribution is -0.133. The second kappa shape index (κ2) is 9.37. The molecule has 1 N–H and O–H groups in total. The van der Waals surface area contributed by atoms with E-state index in [9.17, 15) is 4.79 Å². The van der Waals surface area contributed by atoms with Crippen LogP contribution in [0.3, 0.4) is 0 Å². The molecular weight excluding hydrogens is 224 g/mol. The van der Waals surface area contributed by atoms with Gasteiger partial charge >= 0.3 is 0 Å². The van der Waals surface area contributed by atoms with Gasteiger partial charge in [0.25, 0.3) is 0 Å². The van der Waals surface area contributed by atoms with Gasteiger partial charge in [0.05, 0.1) is 6.04 Å². The van der Waals surface area contributed by atoms with E-state index in [0.717, 1.165) is 45.3 Å². The third-order valence-corrected chi connectivity index (χ3v) is 3.73. The maximum Gasteiger partial charge on any atom is 0.239 e. The number of carbonyl (C=O) groups is 1. The summed E-state index contributed by atoms with van der Waals surface area (Å²) in [5.41, 5.74) is 0. The topological polar surface area (TPSA) is 32.3 Å². The first-order chi connectivity index (χ1) is 8.79. The van der Waals surface area contributed by atoms with Crippen LogP contribution in [0, 0.1) is 0 Å². The van der Waals surface area contributed by atoms with Crippen LogP contribution in [0.4, 0.5) is 0 Å². The summed E-state index contributed by atoms with van der Waals surface area (Å²) in [5.74, 6) is 0.347. The summed E-state index contributed by atoms with van der Waals surface area (Å²) in [7, 11) is 0.